The van der Waals surface area contributed by atoms with Gasteiger partial charge in [-0.25, -0.2) is 0 Å². The summed E-state index contributed by atoms with van der Waals surface area (Å²) in [7, 11) is -2.79. The van der Waals surface area contributed by atoms with Crippen molar-refractivity contribution in [2.45, 2.75) is 121 Å². The molecule has 0 bridgehead atoms. The molecule has 47 heavy (non-hydrogen) atoms. The molecule has 3 rings (SSSR count). The Morgan fingerprint density at radius 3 is 2.34 bits per heavy atom. The number of carbonyl (C=O) groups excluding carboxylic acids is 2. The SMILES string of the molecule is COC(=O)CSCCCS[C@H]1C(=O)C[C@@H](O[Si](C)(C)C(C)(C)C)C1/C=C/C(CCc1sc2ccccc2c1Cl)O[Si](C)(C)C(C)(C)C. The number of Topliss-reactive ketones (excluding diaryl/α,β-unsaturated/α-hetero) is 1. The Morgan fingerprint density at radius 2 is 1.72 bits per heavy atom. The fourth-order valence-electron chi connectivity index (χ4n) is 5.05. The van der Waals surface area contributed by atoms with Gasteiger partial charge >= 0.3 is 5.97 Å². The molecule has 0 saturated heterocycles. The summed E-state index contributed by atoms with van der Waals surface area (Å²) in [6.07, 6.45) is 7.28. The minimum Gasteiger partial charge on any atom is -0.468 e. The van der Waals surface area contributed by atoms with Crippen molar-refractivity contribution in [1.29, 1.82) is 0 Å². The molecule has 0 spiro atoms. The molecule has 1 aromatic heterocycles. The first kappa shape index (κ1) is 40.8. The maximum absolute atomic E-state index is 13.6. The summed E-state index contributed by atoms with van der Waals surface area (Å²) in [6.45, 7) is 22.7. The van der Waals surface area contributed by atoms with Gasteiger partial charge in [-0.3, -0.25) is 9.59 Å². The quantitative estimate of drug-likeness (QED) is 0.0731. The number of aryl methyl sites for hydroxylation is 1. The molecule has 1 aliphatic carbocycles. The molecule has 0 aliphatic heterocycles. The normalized spacial score (nSPS) is 20.4. The van der Waals surface area contributed by atoms with E-state index in [9.17, 15) is 9.59 Å². The number of hydrogen-bond acceptors (Lipinski definition) is 8. The Balaban J connectivity index is 1.86. The van der Waals surface area contributed by atoms with E-state index in [1.54, 1.807) is 34.9 Å². The number of benzene rings is 1. The first-order chi connectivity index (χ1) is 21.8. The molecule has 1 aromatic carbocycles. The minimum absolute atomic E-state index is 0.0252. The van der Waals surface area contributed by atoms with Gasteiger partial charge in [0.2, 0.25) is 0 Å². The van der Waals surface area contributed by atoms with Crippen LogP contribution in [-0.4, -0.2) is 70.2 Å². The number of ketones is 1. The molecule has 264 valence electrons. The Kier molecular flexibility index (Phi) is 14.8. The molecular formula is C36H57ClO5S3Si2. The monoisotopic (exact) mass is 756 g/mol. The van der Waals surface area contributed by atoms with Gasteiger partial charge in [-0.2, -0.15) is 11.8 Å². The second-order valence-electron chi connectivity index (χ2n) is 15.6. The number of ether oxygens (including phenoxy) is 1. The number of hydrogen-bond donors (Lipinski definition) is 0. The second kappa shape index (κ2) is 17.1. The first-order valence-electron chi connectivity index (χ1n) is 16.8. The molecule has 0 radical (unpaired) electrons. The lowest BCUT2D eigenvalue weighted by Gasteiger charge is -2.40. The maximum atomic E-state index is 13.6. The molecule has 4 atom stereocenters. The zero-order chi connectivity index (χ0) is 35.2. The molecule has 1 aliphatic rings. The average molecular weight is 758 g/mol. The fraction of sp³-hybridized carbons (Fsp3) is 0.667. The van der Waals surface area contributed by atoms with Crippen LogP contribution in [0, 0.1) is 5.92 Å². The van der Waals surface area contributed by atoms with Gasteiger partial charge in [0.25, 0.3) is 0 Å². The third-order valence-corrected chi connectivity index (χ3v) is 23.2. The molecule has 11 heteroatoms. The Labute approximate surface area is 303 Å². The van der Waals surface area contributed by atoms with E-state index in [1.165, 1.54) is 16.7 Å². The Morgan fingerprint density at radius 1 is 1.06 bits per heavy atom. The third-order valence-electron chi connectivity index (χ3n) is 9.99. The number of methoxy groups -OCH3 is 1. The molecule has 2 aromatic rings. The molecule has 1 heterocycles. The van der Waals surface area contributed by atoms with Gasteiger partial charge in [-0.1, -0.05) is 83.5 Å². The van der Waals surface area contributed by atoms with Gasteiger partial charge in [-0.15, -0.1) is 23.1 Å². The van der Waals surface area contributed by atoms with Gasteiger partial charge in [0, 0.05) is 27.3 Å². The summed E-state index contributed by atoms with van der Waals surface area (Å²) in [5, 5.41) is 1.92. The van der Waals surface area contributed by atoms with Crippen molar-refractivity contribution in [2.75, 3.05) is 24.4 Å². The highest BCUT2D eigenvalue weighted by molar-refractivity contribution is 8.01. The number of esters is 1. The Bertz CT molecular complexity index is 1380. The van der Waals surface area contributed by atoms with E-state index in [1.807, 2.05) is 6.07 Å². The molecule has 5 nitrogen and oxygen atoms in total. The zero-order valence-corrected chi connectivity index (χ0v) is 35.6. The molecule has 2 unspecified atom stereocenters. The largest absolute Gasteiger partial charge is 0.468 e. The van der Waals surface area contributed by atoms with Crippen LogP contribution in [0.1, 0.15) is 65.7 Å². The zero-order valence-electron chi connectivity index (χ0n) is 30.4. The van der Waals surface area contributed by atoms with Crippen molar-refractivity contribution in [3.8, 4) is 0 Å². The lowest BCUT2D eigenvalue weighted by Crippen LogP contribution is -2.45. The molecule has 0 N–H and O–H groups in total. The van der Waals surface area contributed by atoms with E-state index < -0.39 is 16.6 Å². The number of fused-ring (bicyclic) bond motifs is 1. The highest BCUT2D eigenvalue weighted by Gasteiger charge is 2.47. The third kappa shape index (κ3) is 11.2. The number of thioether (sulfide) groups is 2. The van der Waals surface area contributed by atoms with Gasteiger partial charge in [0.05, 0.1) is 35.3 Å². The van der Waals surface area contributed by atoms with Gasteiger partial charge in [0.15, 0.2) is 16.6 Å². The van der Waals surface area contributed by atoms with Crippen molar-refractivity contribution < 1.29 is 23.2 Å². The summed E-state index contributed by atoms with van der Waals surface area (Å²) in [5.74, 6) is 2.12. The number of rotatable bonds is 16. The van der Waals surface area contributed by atoms with Crippen LogP contribution in [0.25, 0.3) is 10.1 Å². The lowest BCUT2D eigenvalue weighted by molar-refractivity contribution is -0.137. The molecular weight excluding hydrogens is 700 g/mol. The minimum atomic E-state index is -2.12. The van der Waals surface area contributed by atoms with E-state index in [-0.39, 0.29) is 45.2 Å². The van der Waals surface area contributed by atoms with Gasteiger partial charge in [-0.05, 0) is 73.1 Å². The van der Waals surface area contributed by atoms with Crippen LogP contribution in [-0.2, 0) is 29.6 Å². The van der Waals surface area contributed by atoms with Crippen LogP contribution in [0.3, 0.4) is 0 Å². The summed E-state index contributed by atoms with van der Waals surface area (Å²) < 4.78 is 20.0. The van der Waals surface area contributed by atoms with Crippen LogP contribution in [0.4, 0.5) is 0 Å². The summed E-state index contributed by atoms with van der Waals surface area (Å²) in [5.41, 5.74) is 0. The van der Waals surface area contributed by atoms with Gasteiger partial charge in [0.1, 0.15) is 5.78 Å². The summed E-state index contributed by atoms with van der Waals surface area (Å²) >= 11 is 12.0. The van der Waals surface area contributed by atoms with Crippen molar-refractivity contribution >= 4 is 84.9 Å². The first-order valence-corrected chi connectivity index (χ1v) is 26.0. The smallest absolute Gasteiger partial charge is 0.315 e. The average Bonchev–Trinajstić information content (AvgIpc) is 3.44. The number of carbonyl (C=O) groups is 2. The van der Waals surface area contributed by atoms with Crippen LogP contribution in [0.5, 0.6) is 0 Å². The number of thiophene rings is 1. The molecule has 1 fully saturated rings. The standard InChI is InChI=1S/C36H57ClO5S3Si2/c1-35(2,3)46(8,9)41-25(18-20-31-33(37)27-15-12-13-16-30(27)45-31)17-19-26-29(42-47(10,11)36(4,5)6)23-28(38)34(26)44-22-14-21-43-24-32(39)40-7/h12-13,15-17,19,25-26,29,34H,14,18,20-24H2,1-11H3/b19-17+/t25?,26?,29-,34-/m1/s1. The Hall–Kier alpha value is -0.596. The summed E-state index contributed by atoms with van der Waals surface area (Å²) in [4.78, 5) is 26.3. The van der Waals surface area contributed by atoms with Crippen LogP contribution in [0.2, 0.25) is 41.3 Å². The van der Waals surface area contributed by atoms with Gasteiger partial charge < -0.3 is 13.6 Å². The van der Waals surface area contributed by atoms with Crippen LogP contribution < -0.4 is 0 Å². The second-order valence-corrected chi connectivity index (χ2v) is 29.0. The van der Waals surface area contributed by atoms with Crippen molar-refractivity contribution in [2.24, 2.45) is 5.92 Å². The summed E-state index contributed by atoms with van der Waals surface area (Å²) in [6, 6.07) is 8.33. The van der Waals surface area contributed by atoms with E-state index >= 15 is 0 Å². The van der Waals surface area contributed by atoms with Crippen molar-refractivity contribution in [3.05, 3.63) is 46.3 Å². The highest BCUT2D eigenvalue weighted by atomic mass is 35.5. The highest BCUT2D eigenvalue weighted by Crippen LogP contribution is 2.44. The molecule has 1 saturated carbocycles. The van der Waals surface area contributed by atoms with E-state index in [0.717, 1.165) is 41.2 Å². The van der Waals surface area contributed by atoms with E-state index in [0.29, 0.717) is 12.2 Å². The predicted molar refractivity (Wildman–Crippen MR) is 212 cm³/mol. The molecule has 0 amide bonds. The van der Waals surface area contributed by atoms with E-state index in [4.69, 9.17) is 25.2 Å². The number of halogens is 1. The predicted octanol–water partition coefficient (Wildman–Crippen LogP) is 10.8. The van der Waals surface area contributed by atoms with Crippen LogP contribution >= 0.6 is 46.5 Å². The van der Waals surface area contributed by atoms with Crippen molar-refractivity contribution in [3.63, 3.8) is 0 Å². The lowest BCUT2D eigenvalue weighted by atomic mass is 10.0. The van der Waals surface area contributed by atoms with E-state index in [2.05, 4.69) is 98.1 Å². The topological polar surface area (TPSA) is 61.8 Å². The fourth-order valence-corrected chi connectivity index (χ4v) is 11.5. The van der Waals surface area contributed by atoms with Crippen molar-refractivity contribution in [1.82, 2.24) is 0 Å². The maximum Gasteiger partial charge on any atom is 0.315 e. The van der Waals surface area contributed by atoms with Crippen LogP contribution in [0.15, 0.2) is 36.4 Å².